The molecule has 1 N–H and O–H groups in total. The van der Waals surface area contributed by atoms with Crippen molar-refractivity contribution in [3.8, 4) is 0 Å². The summed E-state index contributed by atoms with van der Waals surface area (Å²) in [7, 11) is -2.15. The summed E-state index contributed by atoms with van der Waals surface area (Å²) < 4.78 is 43.6. The monoisotopic (exact) mass is 358 g/mol. The molecular formula is C15H20FN2O5P. The first-order chi connectivity index (χ1) is 11.3. The lowest BCUT2D eigenvalue weighted by molar-refractivity contribution is -0.0492. The van der Waals surface area contributed by atoms with E-state index in [9.17, 15) is 13.8 Å². The van der Waals surface area contributed by atoms with E-state index in [2.05, 4.69) is 4.98 Å². The van der Waals surface area contributed by atoms with Gasteiger partial charge in [0.15, 0.2) is 5.82 Å². The van der Waals surface area contributed by atoms with Crippen molar-refractivity contribution >= 4 is 18.6 Å². The Kier molecular flexibility index (Phi) is 4.77. The van der Waals surface area contributed by atoms with Gasteiger partial charge in [0.25, 0.3) is 0 Å². The highest BCUT2D eigenvalue weighted by Gasteiger charge is 2.40. The number of nitrogens with zero attached hydrogens (tertiary/aromatic N) is 2. The van der Waals surface area contributed by atoms with Gasteiger partial charge in [0.05, 0.1) is 24.6 Å². The van der Waals surface area contributed by atoms with Gasteiger partial charge in [-0.15, -0.1) is 0 Å². The highest BCUT2D eigenvalue weighted by atomic mass is 31.2. The summed E-state index contributed by atoms with van der Waals surface area (Å²) in [5.74, 6) is -0.392. The first-order valence-corrected chi connectivity index (χ1v) is 9.56. The van der Waals surface area contributed by atoms with Gasteiger partial charge in [-0.3, -0.25) is 4.57 Å². The molecule has 132 valence electrons. The topological polar surface area (TPSA) is 82.8 Å². The standard InChI is InChI=1S/C15H20FN2O5P/c1-9-4-10(16)15-11(5-9)18(8-17-15)14-6-12(23-24(3,19)20)13(22-14)7-21-2/h4-5,8,12-14H,6-7H2,1-3H3,(H,19,20)/t12?,13-,14-/m1/s1. The highest BCUT2D eigenvalue weighted by Crippen LogP contribution is 2.44. The molecule has 2 heterocycles. The van der Waals surface area contributed by atoms with Crippen molar-refractivity contribution in [1.82, 2.24) is 9.55 Å². The Hall–Kier alpha value is -1.31. The molecule has 9 heteroatoms. The molecule has 7 nitrogen and oxygen atoms in total. The number of methoxy groups -OCH3 is 1. The number of imidazole rings is 1. The van der Waals surface area contributed by atoms with E-state index in [0.29, 0.717) is 11.9 Å². The molecule has 0 radical (unpaired) electrons. The van der Waals surface area contributed by atoms with Crippen molar-refractivity contribution in [3.63, 3.8) is 0 Å². The normalized spacial score (nSPS) is 26.8. The maximum Gasteiger partial charge on any atom is 0.325 e. The van der Waals surface area contributed by atoms with Gasteiger partial charge >= 0.3 is 7.60 Å². The molecule has 0 amide bonds. The molecule has 2 unspecified atom stereocenters. The minimum absolute atomic E-state index is 0.223. The zero-order valence-electron chi connectivity index (χ0n) is 13.7. The lowest BCUT2D eigenvalue weighted by Crippen LogP contribution is -2.27. The van der Waals surface area contributed by atoms with Crippen molar-refractivity contribution in [2.75, 3.05) is 20.4 Å². The van der Waals surface area contributed by atoms with E-state index >= 15 is 0 Å². The third-order valence-corrected chi connectivity index (χ3v) is 4.59. The minimum atomic E-state index is -3.66. The van der Waals surface area contributed by atoms with Crippen LogP contribution < -0.4 is 0 Å². The molecule has 0 spiro atoms. The number of rotatable bonds is 5. The molecule has 1 saturated heterocycles. The maximum absolute atomic E-state index is 14.0. The summed E-state index contributed by atoms with van der Waals surface area (Å²) >= 11 is 0. The summed E-state index contributed by atoms with van der Waals surface area (Å²) in [6.07, 6.45) is 0.283. The predicted molar refractivity (Wildman–Crippen MR) is 85.5 cm³/mol. The van der Waals surface area contributed by atoms with Crippen LogP contribution in [0.3, 0.4) is 0 Å². The molecule has 1 aliphatic heterocycles. The average Bonchev–Trinajstić information content (AvgIpc) is 3.02. The van der Waals surface area contributed by atoms with E-state index in [1.807, 2.05) is 6.07 Å². The van der Waals surface area contributed by atoms with Crippen molar-refractivity contribution in [3.05, 3.63) is 29.8 Å². The van der Waals surface area contributed by atoms with Gasteiger partial charge < -0.3 is 23.5 Å². The van der Waals surface area contributed by atoms with Crippen LogP contribution in [-0.2, 0) is 18.6 Å². The zero-order chi connectivity index (χ0) is 17.5. The Morgan fingerprint density at radius 2 is 2.29 bits per heavy atom. The Morgan fingerprint density at radius 1 is 1.54 bits per heavy atom. The van der Waals surface area contributed by atoms with E-state index in [1.165, 1.54) is 19.5 Å². The number of hydrogen-bond acceptors (Lipinski definition) is 5. The molecular weight excluding hydrogens is 338 g/mol. The van der Waals surface area contributed by atoms with Gasteiger partial charge in [0.2, 0.25) is 0 Å². The van der Waals surface area contributed by atoms with Crippen LogP contribution in [0, 0.1) is 12.7 Å². The maximum atomic E-state index is 14.0. The Balaban J connectivity index is 1.91. The first kappa shape index (κ1) is 17.5. The van der Waals surface area contributed by atoms with Crippen LogP contribution in [0.5, 0.6) is 0 Å². The number of fused-ring (bicyclic) bond motifs is 1. The Labute approximate surface area is 138 Å². The van der Waals surface area contributed by atoms with E-state index in [4.69, 9.17) is 14.0 Å². The van der Waals surface area contributed by atoms with Crippen LogP contribution in [0.1, 0.15) is 18.2 Å². The molecule has 2 aromatic rings. The van der Waals surface area contributed by atoms with Gasteiger partial charge in [-0.25, -0.2) is 9.37 Å². The molecule has 3 rings (SSSR count). The van der Waals surface area contributed by atoms with Gasteiger partial charge in [-0.2, -0.15) is 0 Å². The number of benzene rings is 1. The minimum Gasteiger partial charge on any atom is -0.382 e. The van der Waals surface area contributed by atoms with Crippen LogP contribution >= 0.6 is 7.60 Å². The van der Waals surface area contributed by atoms with E-state index in [1.54, 1.807) is 11.5 Å². The fraction of sp³-hybridized carbons (Fsp3) is 0.533. The van der Waals surface area contributed by atoms with Gasteiger partial charge in [0.1, 0.15) is 17.8 Å². The zero-order valence-corrected chi connectivity index (χ0v) is 14.6. The van der Waals surface area contributed by atoms with Gasteiger partial charge in [0, 0.05) is 20.2 Å². The SMILES string of the molecule is COC[C@H]1O[C@@H](n2cnc3c(F)cc(C)cc32)CC1OP(C)(=O)O. The molecule has 24 heavy (non-hydrogen) atoms. The van der Waals surface area contributed by atoms with Crippen molar-refractivity contribution in [2.45, 2.75) is 31.8 Å². The number of hydrogen-bond donors (Lipinski definition) is 1. The number of aryl methyl sites for hydroxylation is 1. The summed E-state index contributed by atoms with van der Waals surface area (Å²) in [4.78, 5) is 13.6. The predicted octanol–water partition coefficient (Wildman–Crippen LogP) is 2.62. The molecule has 1 aromatic heterocycles. The molecule has 0 saturated carbocycles. The van der Waals surface area contributed by atoms with E-state index in [-0.39, 0.29) is 12.1 Å². The smallest absolute Gasteiger partial charge is 0.325 e. The van der Waals surface area contributed by atoms with E-state index in [0.717, 1.165) is 12.2 Å². The van der Waals surface area contributed by atoms with Crippen molar-refractivity contribution in [1.29, 1.82) is 0 Å². The van der Waals surface area contributed by atoms with Crippen molar-refractivity contribution in [2.24, 2.45) is 0 Å². The molecule has 1 aliphatic rings. The fourth-order valence-electron chi connectivity index (χ4n) is 3.00. The summed E-state index contributed by atoms with van der Waals surface area (Å²) in [6, 6.07) is 3.25. The second-order valence-electron chi connectivity index (χ2n) is 6.03. The van der Waals surface area contributed by atoms with Gasteiger partial charge in [-0.05, 0) is 24.6 Å². The Bertz CT molecular complexity index is 790. The third kappa shape index (κ3) is 3.53. The second kappa shape index (κ2) is 6.54. The fourth-order valence-corrected chi connectivity index (χ4v) is 3.72. The number of ether oxygens (including phenoxy) is 2. The Morgan fingerprint density at radius 3 is 2.96 bits per heavy atom. The number of aromatic nitrogens is 2. The quantitative estimate of drug-likeness (QED) is 0.828. The van der Waals surface area contributed by atoms with E-state index < -0.39 is 31.8 Å². The lowest BCUT2D eigenvalue weighted by atomic mass is 10.2. The molecule has 1 aromatic carbocycles. The number of halogens is 1. The largest absolute Gasteiger partial charge is 0.382 e. The second-order valence-corrected chi connectivity index (χ2v) is 7.85. The highest BCUT2D eigenvalue weighted by molar-refractivity contribution is 7.51. The van der Waals surface area contributed by atoms with Crippen LogP contribution in [0.15, 0.2) is 18.5 Å². The average molecular weight is 358 g/mol. The van der Waals surface area contributed by atoms with Gasteiger partial charge in [-0.1, -0.05) is 0 Å². The molecule has 0 bridgehead atoms. The molecule has 0 aliphatic carbocycles. The lowest BCUT2D eigenvalue weighted by Gasteiger charge is -2.19. The summed E-state index contributed by atoms with van der Waals surface area (Å²) in [6.45, 7) is 3.16. The third-order valence-electron chi connectivity index (χ3n) is 3.93. The molecule has 4 atom stereocenters. The van der Waals surface area contributed by atoms with Crippen molar-refractivity contribution < 1.29 is 27.8 Å². The van der Waals surface area contributed by atoms with Crippen LogP contribution in [0.25, 0.3) is 11.0 Å². The first-order valence-electron chi connectivity index (χ1n) is 7.54. The summed E-state index contributed by atoms with van der Waals surface area (Å²) in [5.41, 5.74) is 1.65. The molecule has 1 fully saturated rings. The summed E-state index contributed by atoms with van der Waals surface area (Å²) in [5, 5.41) is 0. The van der Waals surface area contributed by atoms with Crippen LogP contribution in [-0.4, -0.2) is 47.0 Å². The van der Waals surface area contributed by atoms with Crippen LogP contribution in [0.2, 0.25) is 0 Å². The van der Waals surface area contributed by atoms with Crippen LogP contribution in [0.4, 0.5) is 4.39 Å².